The predicted molar refractivity (Wildman–Crippen MR) is 59.6 cm³/mol. The molecule has 70 valence electrons. The minimum absolute atomic E-state index is 0.425. The molecule has 0 fully saturated rings. The van der Waals surface area contributed by atoms with Crippen LogP contribution < -0.4 is 0 Å². The number of benzene rings is 1. The predicted octanol–water partition coefficient (Wildman–Crippen LogP) is 2.99. The summed E-state index contributed by atoms with van der Waals surface area (Å²) in [5.74, 6) is 1.38. The summed E-state index contributed by atoms with van der Waals surface area (Å²) in [4.78, 5) is 4.36. The normalized spacial score (nSPS) is 18.8. The molecule has 1 heterocycles. The highest BCUT2D eigenvalue weighted by atomic mass is 79.9. The average molecular weight is 267 g/mol. The minimum Gasteiger partial charge on any atom is -0.212 e. The average Bonchev–Trinajstić information content (AvgIpc) is 2.54. The number of rotatable bonds is 1. The van der Waals surface area contributed by atoms with Crippen LogP contribution in [0.4, 0.5) is 0 Å². The standard InChI is InChI=1S/C10H7BrN2S/c11-10-12-9(13-14-10)8-5-6-3-1-2-4-7(6)8/h1-4,8H,5H2. The van der Waals surface area contributed by atoms with Crippen molar-refractivity contribution < 1.29 is 0 Å². The lowest BCUT2D eigenvalue weighted by Gasteiger charge is -2.27. The summed E-state index contributed by atoms with van der Waals surface area (Å²) in [7, 11) is 0. The van der Waals surface area contributed by atoms with Gasteiger partial charge in [-0.15, -0.1) is 0 Å². The third-order valence-corrected chi connectivity index (χ3v) is 3.72. The Morgan fingerprint density at radius 3 is 2.93 bits per heavy atom. The van der Waals surface area contributed by atoms with Crippen LogP contribution in [0.3, 0.4) is 0 Å². The van der Waals surface area contributed by atoms with Gasteiger partial charge in [-0.3, -0.25) is 0 Å². The van der Waals surface area contributed by atoms with Gasteiger partial charge >= 0.3 is 0 Å². The van der Waals surface area contributed by atoms with Crippen LogP contribution in [0, 0.1) is 0 Å². The maximum absolute atomic E-state index is 4.36. The van der Waals surface area contributed by atoms with Gasteiger partial charge in [0.25, 0.3) is 0 Å². The molecule has 0 aliphatic heterocycles. The summed E-state index contributed by atoms with van der Waals surface area (Å²) in [6, 6.07) is 8.50. The zero-order valence-electron chi connectivity index (χ0n) is 7.27. The zero-order valence-corrected chi connectivity index (χ0v) is 9.68. The second-order valence-electron chi connectivity index (χ2n) is 3.36. The van der Waals surface area contributed by atoms with Crippen molar-refractivity contribution in [2.24, 2.45) is 0 Å². The van der Waals surface area contributed by atoms with Crippen molar-refractivity contribution in [2.45, 2.75) is 12.3 Å². The van der Waals surface area contributed by atoms with E-state index >= 15 is 0 Å². The Morgan fingerprint density at radius 1 is 1.36 bits per heavy atom. The highest BCUT2D eigenvalue weighted by Gasteiger charge is 2.29. The number of fused-ring (bicyclic) bond motifs is 1. The Labute approximate surface area is 94.3 Å². The van der Waals surface area contributed by atoms with Crippen LogP contribution in [-0.4, -0.2) is 9.36 Å². The molecule has 0 saturated carbocycles. The van der Waals surface area contributed by atoms with Crippen molar-refractivity contribution in [1.82, 2.24) is 9.36 Å². The summed E-state index contributed by atoms with van der Waals surface area (Å²) in [6.07, 6.45) is 1.08. The lowest BCUT2D eigenvalue weighted by Crippen LogP contribution is -2.18. The molecule has 1 atom stereocenters. The molecule has 1 aliphatic carbocycles. The highest BCUT2D eigenvalue weighted by molar-refractivity contribution is 9.11. The molecular weight excluding hydrogens is 260 g/mol. The van der Waals surface area contributed by atoms with E-state index in [1.165, 1.54) is 22.7 Å². The van der Waals surface area contributed by atoms with E-state index in [2.05, 4.69) is 49.6 Å². The third-order valence-electron chi connectivity index (χ3n) is 2.58. The van der Waals surface area contributed by atoms with Crippen molar-refractivity contribution in [1.29, 1.82) is 0 Å². The van der Waals surface area contributed by atoms with Crippen molar-refractivity contribution >= 4 is 27.5 Å². The molecule has 0 bridgehead atoms. The number of halogens is 1. The Bertz CT molecular complexity index is 480. The first-order valence-electron chi connectivity index (χ1n) is 4.41. The third kappa shape index (κ3) is 1.21. The Hall–Kier alpha value is -0.740. The van der Waals surface area contributed by atoms with Gasteiger partial charge in [0.2, 0.25) is 0 Å². The van der Waals surface area contributed by atoms with Crippen LogP contribution in [0.1, 0.15) is 22.9 Å². The van der Waals surface area contributed by atoms with Gasteiger partial charge < -0.3 is 0 Å². The first-order valence-corrected chi connectivity index (χ1v) is 5.98. The van der Waals surface area contributed by atoms with Gasteiger partial charge in [0, 0.05) is 5.92 Å². The molecule has 1 unspecified atom stereocenters. The second kappa shape index (κ2) is 3.14. The molecule has 3 rings (SSSR count). The first kappa shape index (κ1) is 8.56. The van der Waals surface area contributed by atoms with Crippen molar-refractivity contribution in [3.05, 3.63) is 45.1 Å². The van der Waals surface area contributed by atoms with E-state index < -0.39 is 0 Å². The van der Waals surface area contributed by atoms with Crippen LogP contribution in [-0.2, 0) is 6.42 Å². The fourth-order valence-electron chi connectivity index (χ4n) is 1.85. The van der Waals surface area contributed by atoms with Crippen molar-refractivity contribution in [2.75, 3.05) is 0 Å². The molecule has 0 saturated heterocycles. The van der Waals surface area contributed by atoms with E-state index in [1.54, 1.807) is 0 Å². The van der Waals surface area contributed by atoms with E-state index in [-0.39, 0.29) is 0 Å². The molecule has 1 aromatic heterocycles. The monoisotopic (exact) mass is 266 g/mol. The van der Waals surface area contributed by atoms with E-state index in [1.807, 2.05) is 0 Å². The van der Waals surface area contributed by atoms with E-state index in [4.69, 9.17) is 0 Å². The molecule has 0 spiro atoms. The summed E-state index contributed by atoms with van der Waals surface area (Å²) in [6.45, 7) is 0. The van der Waals surface area contributed by atoms with Gasteiger partial charge in [0.1, 0.15) is 0 Å². The van der Waals surface area contributed by atoms with Gasteiger partial charge in [-0.25, -0.2) is 4.98 Å². The molecule has 2 nitrogen and oxygen atoms in total. The molecular formula is C10H7BrN2S. The summed E-state index contributed by atoms with van der Waals surface area (Å²) in [5, 5.41) is 0. The Morgan fingerprint density at radius 2 is 2.21 bits per heavy atom. The number of nitrogens with zero attached hydrogens (tertiary/aromatic N) is 2. The largest absolute Gasteiger partial charge is 0.212 e. The van der Waals surface area contributed by atoms with Gasteiger partial charge in [-0.2, -0.15) is 4.37 Å². The second-order valence-corrected chi connectivity index (χ2v) is 5.39. The van der Waals surface area contributed by atoms with Gasteiger partial charge in [-0.05, 0) is 45.0 Å². The van der Waals surface area contributed by atoms with Crippen LogP contribution in [0.5, 0.6) is 0 Å². The number of aromatic nitrogens is 2. The highest BCUT2D eigenvalue weighted by Crippen LogP contribution is 2.39. The number of hydrogen-bond donors (Lipinski definition) is 0. The Balaban J connectivity index is 1.99. The van der Waals surface area contributed by atoms with Crippen LogP contribution >= 0.6 is 27.5 Å². The minimum atomic E-state index is 0.425. The van der Waals surface area contributed by atoms with Gasteiger partial charge in [0.15, 0.2) is 9.74 Å². The molecule has 1 aliphatic rings. The van der Waals surface area contributed by atoms with Crippen LogP contribution in [0.25, 0.3) is 0 Å². The van der Waals surface area contributed by atoms with E-state index in [9.17, 15) is 0 Å². The fourth-order valence-corrected chi connectivity index (χ4v) is 2.72. The molecule has 2 aromatic rings. The van der Waals surface area contributed by atoms with Gasteiger partial charge in [-0.1, -0.05) is 24.3 Å². The fraction of sp³-hybridized carbons (Fsp3) is 0.200. The first-order chi connectivity index (χ1) is 6.84. The SMILES string of the molecule is Brc1nc(C2Cc3ccccc32)ns1. The topological polar surface area (TPSA) is 25.8 Å². The molecule has 0 amide bonds. The molecule has 0 N–H and O–H groups in total. The zero-order chi connectivity index (χ0) is 9.54. The molecule has 14 heavy (non-hydrogen) atoms. The molecule has 1 aromatic carbocycles. The quantitative estimate of drug-likeness (QED) is 0.793. The maximum atomic E-state index is 4.36. The van der Waals surface area contributed by atoms with E-state index in [0.717, 1.165) is 16.2 Å². The number of hydrogen-bond acceptors (Lipinski definition) is 3. The Kier molecular flexibility index (Phi) is 1.92. The van der Waals surface area contributed by atoms with E-state index in [0.29, 0.717) is 5.92 Å². The van der Waals surface area contributed by atoms with Gasteiger partial charge in [0.05, 0.1) is 0 Å². The lowest BCUT2D eigenvalue weighted by atomic mass is 9.77. The summed E-state index contributed by atoms with van der Waals surface area (Å²) in [5.41, 5.74) is 2.82. The maximum Gasteiger partial charge on any atom is 0.179 e. The summed E-state index contributed by atoms with van der Waals surface area (Å²) >= 11 is 4.75. The van der Waals surface area contributed by atoms with Crippen molar-refractivity contribution in [3.8, 4) is 0 Å². The summed E-state index contributed by atoms with van der Waals surface area (Å²) < 4.78 is 5.19. The van der Waals surface area contributed by atoms with Crippen molar-refractivity contribution in [3.63, 3.8) is 0 Å². The molecule has 4 heteroatoms. The smallest absolute Gasteiger partial charge is 0.179 e. The lowest BCUT2D eigenvalue weighted by molar-refractivity contribution is 0.670. The van der Waals surface area contributed by atoms with Crippen LogP contribution in [0.2, 0.25) is 0 Å². The molecule has 0 radical (unpaired) electrons. The van der Waals surface area contributed by atoms with Crippen LogP contribution in [0.15, 0.2) is 28.2 Å².